The molecule has 0 radical (unpaired) electrons. The molecule has 2 aromatic heterocycles. The summed E-state index contributed by atoms with van der Waals surface area (Å²) in [5.41, 5.74) is 0. The zero-order valence-electron chi connectivity index (χ0n) is 17.8. The molecule has 4 rings (SSSR count). The minimum Gasteiger partial charge on any atom is -0.468 e. The summed E-state index contributed by atoms with van der Waals surface area (Å²) in [4.78, 5) is 16.8. The van der Waals surface area contributed by atoms with Gasteiger partial charge in [-0.15, -0.1) is 0 Å². The average Bonchev–Trinajstić information content (AvgIpc) is 3.49. The third-order valence-corrected chi connectivity index (χ3v) is 9.59. The third kappa shape index (κ3) is 6.09. The van der Waals surface area contributed by atoms with Crippen molar-refractivity contribution >= 4 is 25.5 Å². The maximum atomic E-state index is 13.1. The molecule has 176 valence electrons. The first-order valence-corrected chi connectivity index (χ1v) is 14.3. The number of nitrogens with zero attached hydrogens (tertiary/aromatic N) is 2. The van der Waals surface area contributed by atoms with Gasteiger partial charge in [0.2, 0.25) is 0 Å². The van der Waals surface area contributed by atoms with Gasteiger partial charge in [-0.25, -0.2) is 16.8 Å². The van der Waals surface area contributed by atoms with E-state index in [4.69, 9.17) is 8.83 Å². The van der Waals surface area contributed by atoms with Gasteiger partial charge in [0.1, 0.15) is 11.5 Å². The lowest BCUT2D eigenvalue weighted by Gasteiger charge is -2.30. The van der Waals surface area contributed by atoms with Gasteiger partial charge in [-0.05, 0) is 37.1 Å². The normalized spacial score (nSPS) is 24.4. The molecule has 0 N–H and O–H groups in total. The number of carbonyl (C=O) groups excluding carboxylic acids is 1. The van der Waals surface area contributed by atoms with Crippen molar-refractivity contribution in [1.82, 2.24) is 9.80 Å². The Morgan fingerprint density at radius 3 is 1.56 bits per heavy atom. The van der Waals surface area contributed by atoms with Gasteiger partial charge in [-0.3, -0.25) is 14.6 Å². The Morgan fingerprint density at radius 1 is 0.812 bits per heavy atom. The molecule has 0 bridgehead atoms. The van der Waals surface area contributed by atoms with Crippen molar-refractivity contribution < 1.29 is 30.5 Å². The average molecular weight is 485 g/mol. The summed E-state index contributed by atoms with van der Waals surface area (Å²) in [6.07, 6.45) is 4.05. The van der Waals surface area contributed by atoms with E-state index < -0.39 is 19.7 Å². The van der Waals surface area contributed by atoms with E-state index in [0.29, 0.717) is 37.5 Å². The molecule has 0 saturated carbocycles. The Balaban J connectivity index is 1.46. The van der Waals surface area contributed by atoms with Crippen LogP contribution in [0.5, 0.6) is 0 Å². The number of Topliss-reactive ketones (excluding diaryl/α,β-unsaturated/α-hetero) is 1. The van der Waals surface area contributed by atoms with Crippen molar-refractivity contribution in [3.63, 3.8) is 0 Å². The van der Waals surface area contributed by atoms with E-state index in [-0.39, 0.29) is 54.0 Å². The van der Waals surface area contributed by atoms with Crippen LogP contribution in [-0.4, -0.2) is 80.6 Å². The molecule has 0 aliphatic carbocycles. The fourth-order valence-corrected chi connectivity index (χ4v) is 7.99. The molecule has 0 spiro atoms. The molecule has 0 aromatic carbocycles. The summed E-state index contributed by atoms with van der Waals surface area (Å²) in [7, 11) is -6.22. The maximum absolute atomic E-state index is 13.1. The second-order valence-electron chi connectivity index (χ2n) is 8.62. The summed E-state index contributed by atoms with van der Waals surface area (Å²) in [5.74, 6) is 1.51. The van der Waals surface area contributed by atoms with Gasteiger partial charge in [0.15, 0.2) is 25.5 Å². The number of hydrogen-bond donors (Lipinski definition) is 0. The molecule has 0 unspecified atom stereocenters. The van der Waals surface area contributed by atoms with E-state index >= 15 is 0 Å². The van der Waals surface area contributed by atoms with Crippen LogP contribution >= 0.6 is 0 Å². The first-order chi connectivity index (χ1) is 15.2. The van der Waals surface area contributed by atoms with Crippen molar-refractivity contribution in [2.45, 2.75) is 38.0 Å². The van der Waals surface area contributed by atoms with Crippen LogP contribution in [0.15, 0.2) is 45.6 Å². The lowest BCUT2D eigenvalue weighted by atomic mass is 10.1. The van der Waals surface area contributed by atoms with E-state index in [2.05, 4.69) is 0 Å². The topological polar surface area (TPSA) is 118 Å². The van der Waals surface area contributed by atoms with Crippen LogP contribution in [0.4, 0.5) is 0 Å². The van der Waals surface area contributed by atoms with E-state index in [9.17, 15) is 21.6 Å². The van der Waals surface area contributed by atoms with Crippen molar-refractivity contribution in [1.29, 1.82) is 0 Å². The Labute approximate surface area is 188 Å². The summed E-state index contributed by atoms with van der Waals surface area (Å²) in [6.45, 7) is 0.813. The lowest BCUT2D eigenvalue weighted by Crippen LogP contribution is -2.45. The Morgan fingerprint density at radius 2 is 1.25 bits per heavy atom. The van der Waals surface area contributed by atoms with E-state index in [1.807, 2.05) is 9.80 Å². The molecule has 32 heavy (non-hydrogen) atoms. The molecule has 2 fully saturated rings. The highest BCUT2D eigenvalue weighted by Crippen LogP contribution is 2.22. The number of sulfone groups is 2. The van der Waals surface area contributed by atoms with Crippen molar-refractivity contribution in [3.8, 4) is 0 Å². The van der Waals surface area contributed by atoms with Crippen LogP contribution in [0.1, 0.15) is 24.4 Å². The van der Waals surface area contributed by atoms with Crippen molar-refractivity contribution in [2.75, 3.05) is 36.1 Å². The van der Waals surface area contributed by atoms with Gasteiger partial charge >= 0.3 is 0 Å². The summed E-state index contributed by atoms with van der Waals surface area (Å²) in [6, 6.07) is 6.61. The van der Waals surface area contributed by atoms with Gasteiger partial charge in [0, 0.05) is 12.1 Å². The van der Waals surface area contributed by atoms with Crippen LogP contribution in [0, 0.1) is 0 Å². The largest absolute Gasteiger partial charge is 0.468 e. The lowest BCUT2D eigenvalue weighted by molar-refractivity contribution is -0.122. The van der Waals surface area contributed by atoms with Crippen LogP contribution in [-0.2, 0) is 37.6 Å². The highest BCUT2D eigenvalue weighted by molar-refractivity contribution is 7.91. The van der Waals surface area contributed by atoms with Gasteiger partial charge in [0.25, 0.3) is 0 Å². The number of ketones is 1. The highest BCUT2D eigenvalue weighted by atomic mass is 32.2. The van der Waals surface area contributed by atoms with Gasteiger partial charge in [0.05, 0.1) is 61.7 Å². The SMILES string of the molecule is O=C(CN(Cc1ccco1)[C@H]1CCS(=O)(=O)C1)CN(Cc1ccco1)[C@H]1CCS(=O)(=O)C1. The Hall–Kier alpha value is -1.95. The molecular formula is C21H28N2O7S2. The fraction of sp³-hybridized carbons (Fsp3) is 0.571. The standard InChI is InChI=1S/C21H28N2O7S2/c24-19(11-22(13-20-3-1-7-29-20)17-5-9-31(25,26)15-17)12-23(14-21-4-2-8-30-21)18-6-10-32(27,28)16-18/h1-4,7-8,17-18H,5-6,9-16H2/t17-,18-/m0/s1. The number of rotatable bonds is 10. The smallest absolute Gasteiger partial charge is 0.160 e. The van der Waals surface area contributed by atoms with Gasteiger partial charge < -0.3 is 8.83 Å². The molecule has 2 saturated heterocycles. The minimum absolute atomic E-state index is 0.0258. The number of furan rings is 2. The second kappa shape index (κ2) is 9.50. The summed E-state index contributed by atoms with van der Waals surface area (Å²) in [5, 5.41) is 0. The van der Waals surface area contributed by atoms with Crippen molar-refractivity contribution in [2.24, 2.45) is 0 Å². The zero-order valence-corrected chi connectivity index (χ0v) is 19.4. The summed E-state index contributed by atoms with van der Waals surface area (Å²) >= 11 is 0. The number of hydrogen-bond acceptors (Lipinski definition) is 9. The van der Waals surface area contributed by atoms with Crippen LogP contribution in [0.2, 0.25) is 0 Å². The minimum atomic E-state index is -3.11. The first-order valence-electron chi connectivity index (χ1n) is 10.6. The van der Waals surface area contributed by atoms with Crippen LogP contribution in [0.25, 0.3) is 0 Å². The summed E-state index contributed by atoms with van der Waals surface area (Å²) < 4.78 is 58.9. The van der Waals surface area contributed by atoms with E-state index in [0.717, 1.165) is 0 Å². The highest BCUT2D eigenvalue weighted by Gasteiger charge is 2.36. The molecule has 2 aromatic rings. The predicted molar refractivity (Wildman–Crippen MR) is 117 cm³/mol. The van der Waals surface area contributed by atoms with Crippen LogP contribution < -0.4 is 0 Å². The molecule has 4 heterocycles. The molecule has 11 heteroatoms. The number of carbonyl (C=O) groups is 1. The molecule has 0 amide bonds. The van der Waals surface area contributed by atoms with Crippen molar-refractivity contribution in [3.05, 3.63) is 48.3 Å². The van der Waals surface area contributed by atoms with E-state index in [1.54, 1.807) is 36.8 Å². The first kappa shape index (κ1) is 23.2. The fourth-order valence-electron chi connectivity index (χ4n) is 4.46. The zero-order chi connectivity index (χ0) is 22.8. The molecule has 2 aliphatic rings. The van der Waals surface area contributed by atoms with E-state index in [1.165, 1.54) is 0 Å². The van der Waals surface area contributed by atoms with Crippen LogP contribution in [0.3, 0.4) is 0 Å². The maximum Gasteiger partial charge on any atom is 0.160 e. The quantitative estimate of drug-likeness (QED) is 0.489. The molecular weight excluding hydrogens is 456 g/mol. The van der Waals surface area contributed by atoms with Gasteiger partial charge in [-0.1, -0.05) is 0 Å². The second-order valence-corrected chi connectivity index (χ2v) is 13.1. The predicted octanol–water partition coefficient (Wildman–Crippen LogP) is 1.12. The third-order valence-electron chi connectivity index (χ3n) is 6.09. The molecule has 2 atom stereocenters. The molecule has 2 aliphatic heterocycles. The Kier molecular flexibility index (Phi) is 6.89. The molecule has 9 nitrogen and oxygen atoms in total. The van der Waals surface area contributed by atoms with Gasteiger partial charge in [-0.2, -0.15) is 0 Å². The Bertz CT molecular complexity index is 1020. The monoisotopic (exact) mass is 484 g/mol.